The lowest BCUT2D eigenvalue weighted by Gasteiger charge is -2.24. The summed E-state index contributed by atoms with van der Waals surface area (Å²) in [5, 5.41) is 3.42. The minimum absolute atomic E-state index is 0.763. The van der Waals surface area contributed by atoms with Gasteiger partial charge in [-0.2, -0.15) is 4.98 Å². The van der Waals surface area contributed by atoms with Gasteiger partial charge in [-0.15, -0.1) is 0 Å². The molecule has 1 aliphatic rings. The van der Waals surface area contributed by atoms with Gasteiger partial charge in [-0.25, -0.2) is 4.98 Å². The van der Waals surface area contributed by atoms with Crippen molar-refractivity contribution in [2.75, 3.05) is 50.0 Å². The largest absolute Gasteiger partial charge is 0.356 e. The fourth-order valence-corrected chi connectivity index (χ4v) is 3.94. The minimum atomic E-state index is 0.763. The Morgan fingerprint density at radius 1 is 1.12 bits per heavy atom. The number of anilines is 2. The van der Waals surface area contributed by atoms with Crippen LogP contribution in [-0.2, 0) is 0 Å². The van der Waals surface area contributed by atoms with Crippen molar-refractivity contribution in [1.82, 2.24) is 14.9 Å². The number of rotatable bonds is 11. The Morgan fingerprint density at radius 3 is 2.46 bits per heavy atom. The zero-order valence-corrected chi connectivity index (χ0v) is 17.2. The third-order valence-corrected chi connectivity index (χ3v) is 5.31. The third-order valence-electron chi connectivity index (χ3n) is 5.31. The van der Waals surface area contributed by atoms with Crippen LogP contribution in [-0.4, -0.2) is 54.6 Å². The van der Waals surface area contributed by atoms with Crippen molar-refractivity contribution in [2.45, 2.75) is 65.2 Å². The molecule has 1 fully saturated rings. The van der Waals surface area contributed by atoms with Gasteiger partial charge >= 0.3 is 0 Å². The first-order chi connectivity index (χ1) is 12.7. The summed E-state index contributed by atoms with van der Waals surface area (Å²) in [6.07, 6.45) is 12.4. The summed E-state index contributed by atoms with van der Waals surface area (Å²) in [7, 11) is 2.23. The Kier molecular flexibility index (Phi) is 9.75. The lowest BCUT2D eigenvalue weighted by atomic mass is 9.98. The molecule has 0 spiro atoms. The monoisotopic (exact) mass is 361 g/mol. The van der Waals surface area contributed by atoms with Crippen molar-refractivity contribution in [3.05, 3.63) is 12.3 Å². The van der Waals surface area contributed by atoms with Crippen LogP contribution in [0.25, 0.3) is 0 Å². The molecule has 0 aromatic carbocycles. The lowest BCUT2D eigenvalue weighted by molar-refractivity contribution is 0.263. The van der Waals surface area contributed by atoms with Gasteiger partial charge in [-0.1, -0.05) is 39.5 Å². The van der Waals surface area contributed by atoms with Crippen molar-refractivity contribution >= 4 is 11.8 Å². The predicted molar refractivity (Wildman–Crippen MR) is 112 cm³/mol. The van der Waals surface area contributed by atoms with Crippen LogP contribution in [0, 0.1) is 5.92 Å². The van der Waals surface area contributed by atoms with Crippen LogP contribution >= 0.6 is 0 Å². The van der Waals surface area contributed by atoms with Crippen LogP contribution in [0.2, 0.25) is 0 Å². The van der Waals surface area contributed by atoms with Crippen molar-refractivity contribution < 1.29 is 0 Å². The molecule has 26 heavy (non-hydrogen) atoms. The van der Waals surface area contributed by atoms with Crippen molar-refractivity contribution in [3.63, 3.8) is 0 Å². The van der Waals surface area contributed by atoms with E-state index in [9.17, 15) is 0 Å². The predicted octanol–water partition coefficient (Wildman–Crippen LogP) is 4.42. The molecule has 0 atom stereocenters. The minimum Gasteiger partial charge on any atom is -0.356 e. The molecular weight excluding hydrogens is 322 g/mol. The lowest BCUT2D eigenvalue weighted by Crippen LogP contribution is -2.30. The average Bonchev–Trinajstić information content (AvgIpc) is 2.92. The molecule has 1 saturated heterocycles. The zero-order valence-electron chi connectivity index (χ0n) is 17.2. The van der Waals surface area contributed by atoms with E-state index in [2.05, 4.69) is 41.0 Å². The van der Waals surface area contributed by atoms with E-state index in [0.717, 1.165) is 43.9 Å². The summed E-state index contributed by atoms with van der Waals surface area (Å²) in [5.74, 6) is 2.67. The topological polar surface area (TPSA) is 44.3 Å². The molecule has 1 aromatic heterocycles. The van der Waals surface area contributed by atoms with E-state index >= 15 is 0 Å². The summed E-state index contributed by atoms with van der Waals surface area (Å²) in [4.78, 5) is 14.0. The zero-order chi connectivity index (χ0) is 18.6. The molecule has 1 aliphatic heterocycles. The van der Waals surface area contributed by atoms with E-state index < -0.39 is 0 Å². The molecule has 0 bridgehead atoms. The van der Waals surface area contributed by atoms with Gasteiger partial charge in [0.05, 0.1) is 0 Å². The van der Waals surface area contributed by atoms with Gasteiger partial charge in [-0.3, -0.25) is 0 Å². The quantitative estimate of drug-likeness (QED) is 0.632. The number of hydrogen-bond donors (Lipinski definition) is 1. The fourth-order valence-electron chi connectivity index (χ4n) is 3.94. The highest BCUT2D eigenvalue weighted by Gasteiger charge is 2.12. The van der Waals surface area contributed by atoms with Crippen LogP contribution < -0.4 is 10.2 Å². The molecular formula is C21H39N5. The Morgan fingerprint density at radius 2 is 1.81 bits per heavy atom. The normalized spacial score (nSPS) is 15.5. The van der Waals surface area contributed by atoms with E-state index in [-0.39, 0.29) is 0 Å². The molecule has 2 heterocycles. The van der Waals surface area contributed by atoms with Gasteiger partial charge in [0.1, 0.15) is 5.82 Å². The number of hydrogen-bond acceptors (Lipinski definition) is 5. The van der Waals surface area contributed by atoms with Crippen molar-refractivity contribution in [2.24, 2.45) is 5.92 Å². The first-order valence-corrected chi connectivity index (χ1v) is 10.7. The second kappa shape index (κ2) is 12.1. The van der Waals surface area contributed by atoms with Gasteiger partial charge in [-0.05, 0) is 44.7 Å². The van der Waals surface area contributed by atoms with Gasteiger partial charge in [0.2, 0.25) is 5.95 Å². The van der Waals surface area contributed by atoms with E-state index in [0.29, 0.717) is 0 Å². The maximum absolute atomic E-state index is 4.74. The molecule has 0 amide bonds. The molecule has 5 nitrogen and oxygen atoms in total. The molecule has 1 N–H and O–H groups in total. The second-order valence-corrected chi connectivity index (χ2v) is 7.77. The van der Waals surface area contributed by atoms with Crippen molar-refractivity contribution in [1.29, 1.82) is 0 Å². The summed E-state index contributed by atoms with van der Waals surface area (Å²) in [5.41, 5.74) is 0. The van der Waals surface area contributed by atoms with Crippen LogP contribution in [0.1, 0.15) is 65.2 Å². The van der Waals surface area contributed by atoms with Crippen LogP contribution in [0.3, 0.4) is 0 Å². The Balaban J connectivity index is 1.77. The van der Waals surface area contributed by atoms with Crippen molar-refractivity contribution in [3.8, 4) is 0 Å². The standard InChI is InChI=1S/C21H39N5/c1-4-10-19(11-5-2)18-25(3)17-14-23-21-22-13-12-20(24-21)26-15-8-6-7-9-16-26/h12-13,19H,4-11,14-18H2,1-3H3,(H,22,23,24). The van der Waals surface area contributed by atoms with Gasteiger partial charge in [0, 0.05) is 38.9 Å². The molecule has 148 valence electrons. The highest BCUT2D eigenvalue weighted by atomic mass is 15.2. The van der Waals surface area contributed by atoms with Crippen LogP contribution in [0.5, 0.6) is 0 Å². The van der Waals surface area contributed by atoms with Crippen LogP contribution in [0.4, 0.5) is 11.8 Å². The highest BCUT2D eigenvalue weighted by molar-refractivity contribution is 5.42. The van der Waals surface area contributed by atoms with Crippen LogP contribution in [0.15, 0.2) is 12.3 Å². The first-order valence-electron chi connectivity index (χ1n) is 10.7. The smallest absolute Gasteiger partial charge is 0.224 e. The summed E-state index contributed by atoms with van der Waals surface area (Å²) >= 11 is 0. The Labute approximate surface area is 160 Å². The molecule has 5 heteroatoms. The Bertz CT molecular complexity index is 479. The number of likely N-dealkylation sites (N-methyl/N-ethyl adjacent to an activating group) is 1. The maximum atomic E-state index is 4.74. The SMILES string of the molecule is CCCC(CCC)CN(C)CCNc1nccc(N2CCCCCC2)n1. The summed E-state index contributed by atoms with van der Waals surface area (Å²) in [6, 6.07) is 2.04. The summed E-state index contributed by atoms with van der Waals surface area (Å²) < 4.78 is 0. The van der Waals surface area contributed by atoms with Gasteiger partial charge in [0.15, 0.2) is 0 Å². The third kappa shape index (κ3) is 7.48. The molecule has 0 unspecified atom stereocenters. The maximum Gasteiger partial charge on any atom is 0.224 e. The summed E-state index contributed by atoms with van der Waals surface area (Å²) in [6.45, 7) is 9.94. The first kappa shape index (κ1) is 20.9. The van der Waals surface area contributed by atoms with Gasteiger partial charge < -0.3 is 15.1 Å². The highest BCUT2D eigenvalue weighted by Crippen LogP contribution is 2.18. The van der Waals surface area contributed by atoms with E-state index in [1.165, 1.54) is 57.9 Å². The number of nitrogens with one attached hydrogen (secondary N) is 1. The molecule has 1 aromatic rings. The van der Waals surface area contributed by atoms with E-state index in [1.54, 1.807) is 0 Å². The molecule has 2 rings (SSSR count). The molecule has 0 radical (unpaired) electrons. The fraction of sp³-hybridized carbons (Fsp3) is 0.810. The van der Waals surface area contributed by atoms with E-state index in [1.807, 2.05) is 12.3 Å². The number of nitrogens with zero attached hydrogens (tertiary/aromatic N) is 4. The molecule has 0 aliphatic carbocycles. The molecule has 0 saturated carbocycles. The second-order valence-electron chi connectivity index (χ2n) is 7.77. The number of aromatic nitrogens is 2. The van der Waals surface area contributed by atoms with Gasteiger partial charge in [0.25, 0.3) is 0 Å². The Hall–Kier alpha value is -1.36. The average molecular weight is 362 g/mol. The van der Waals surface area contributed by atoms with E-state index in [4.69, 9.17) is 4.98 Å².